The fraction of sp³-hybridized carbons (Fsp3) is 0.500. The van der Waals surface area contributed by atoms with Crippen LogP contribution in [0.25, 0.3) is 0 Å². The Morgan fingerprint density at radius 3 is 2.42 bits per heavy atom. The highest BCUT2D eigenvalue weighted by molar-refractivity contribution is 7.89. The van der Waals surface area contributed by atoms with E-state index in [0.29, 0.717) is 5.75 Å². The Labute approximate surface area is 152 Å². The molecule has 0 radical (unpaired) electrons. The number of ether oxygens (including phenoxy) is 1. The smallest absolute Gasteiger partial charge is 0.246 e. The van der Waals surface area contributed by atoms with Gasteiger partial charge in [0.2, 0.25) is 21.8 Å². The normalized spacial score (nSPS) is 20.7. The summed E-state index contributed by atoms with van der Waals surface area (Å²) in [6.45, 7) is 3.20. The highest BCUT2D eigenvalue weighted by Crippen LogP contribution is 2.34. The lowest BCUT2D eigenvalue weighted by Crippen LogP contribution is -2.63. The van der Waals surface area contributed by atoms with Crippen molar-refractivity contribution in [2.75, 3.05) is 20.7 Å². The van der Waals surface area contributed by atoms with E-state index in [4.69, 9.17) is 9.94 Å². The van der Waals surface area contributed by atoms with Gasteiger partial charge in [-0.1, -0.05) is 0 Å². The molecule has 0 saturated carbocycles. The maximum Gasteiger partial charge on any atom is 0.246 e. The number of sulfonamides is 1. The average Bonchev–Trinajstić information content (AvgIpc) is 2.61. The minimum Gasteiger partial charge on any atom is -0.497 e. The van der Waals surface area contributed by atoms with Gasteiger partial charge in [-0.25, -0.2) is 13.9 Å². The molecular formula is C16H23N3O6S. The van der Waals surface area contributed by atoms with Gasteiger partial charge in [-0.15, -0.1) is 0 Å². The first-order chi connectivity index (χ1) is 12.0. The van der Waals surface area contributed by atoms with E-state index in [1.165, 1.54) is 48.8 Å². The van der Waals surface area contributed by atoms with Crippen molar-refractivity contribution >= 4 is 21.8 Å². The molecule has 1 aliphatic rings. The van der Waals surface area contributed by atoms with Crippen molar-refractivity contribution in [3.63, 3.8) is 0 Å². The summed E-state index contributed by atoms with van der Waals surface area (Å²) in [4.78, 5) is 25.4. The zero-order chi connectivity index (χ0) is 19.7. The van der Waals surface area contributed by atoms with Gasteiger partial charge in [0.25, 0.3) is 0 Å². The van der Waals surface area contributed by atoms with Crippen molar-refractivity contribution in [2.45, 2.75) is 31.3 Å². The molecule has 26 heavy (non-hydrogen) atoms. The summed E-state index contributed by atoms with van der Waals surface area (Å²) < 4.78 is 32.5. The third-order valence-electron chi connectivity index (χ3n) is 4.39. The van der Waals surface area contributed by atoms with E-state index < -0.39 is 27.5 Å². The maximum absolute atomic E-state index is 13.2. The molecule has 1 aliphatic heterocycles. The molecule has 0 bridgehead atoms. The van der Waals surface area contributed by atoms with E-state index in [2.05, 4.69) is 0 Å². The van der Waals surface area contributed by atoms with Gasteiger partial charge in [-0.05, 0) is 38.1 Å². The Morgan fingerprint density at radius 2 is 1.92 bits per heavy atom. The van der Waals surface area contributed by atoms with Crippen LogP contribution in [0.1, 0.15) is 20.3 Å². The zero-order valence-corrected chi connectivity index (χ0v) is 15.9. The summed E-state index contributed by atoms with van der Waals surface area (Å²) >= 11 is 0. The van der Waals surface area contributed by atoms with Crippen molar-refractivity contribution in [1.82, 2.24) is 14.7 Å². The molecule has 2 amide bonds. The first kappa shape index (κ1) is 20.1. The third-order valence-corrected chi connectivity index (χ3v) is 6.25. The molecule has 10 heteroatoms. The second-order valence-electron chi connectivity index (χ2n) is 6.75. The van der Waals surface area contributed by atoms with Gasteiger partial charge in [-0.3, -0.25) is 14.8 Å². The number of methoxy groups -OCH3 is 1. The van der Waals surface area contributed by atoms with Crippen molar-refractivity contribution in [3.05, 3.63) is 24.3 Å². The predicted molar refractivity (Wildman–Crippen MR) is 91.8 cm³/mol. The van der Waals surface area contributed by atoms with Gasteiger partial charge in [0.05, 0.1) is 23.8 Å². The second-order valence-corrected chi connectivity index (χ2v) is 8.64. The Bertz CT molecular complexity index is 791. The minimum atomic E-state index is -4.00. The minimum absolute atomic E-state index is 0.0197. The van der Waals surface area contributed by atoms with Crippen LogP contribution in [0.5, 0.6) is 5.75 Å². The van der Waals surface area contributed by atoms with Crippen LogP contribution in [0.4, 0.5) is 0 Å². The quantitative estimate of drug-likeness (QED) is 0.560. The first-order valence-electron chi connectivity index (χ1n) is 7.90. The highest BCUT2D eigenvalue weighted by Gasteiger charge is 2.48. The molecule has 1 aromatic rings. The standard InChI is InChI=1S/C16H23N3O6S/c1-16(2)10-19(14(9-13(20)17-22)18(3)15(16)21)26(23,24)12-7-5-11(25-4)6-8-12/h5-8,14,22H,9-10H2,1-4H3,(H,17,20). The van der Waals surface area contributed by atoms with Crippen LogP contribution in [-0.2, 0) is 19.6 Å². The van der Waals surface area contributed by atoms with Gasteiger partial charge in [0.1, 0.15) is 11.9 Å². The number of rotatable bonds is 5. The molecule has 9 nitrogen and oxygen atoms in total. The van der Waals surface area contributed by atoms with E-state index in [1.807, 2.05) is 0 Å². The molecule has 1 atom stereocenters. The fourth-order valence-corrected chi connectivity index (χ4v) is 4.73. The molecule has 1 fully saturated rings. The molecule has 0 aliphatic carbocycles. The number of carbonyl (C=O) groups excluding carboxylic acids is 2. The van der Waals surface area contributed by atoms with E-state index in [9.17, 15) is 18.0 Å². The Kier molecular flexibility index (Phi) is 5.59. The SMILES string of the molecule is COc1ccc(S(=O)(=O)N2CC(C)(C)C(=O)N(C)C2CC(=O)NO)cc1. The largest absolute Gasteiger partial charge is 0.497 e. The van der Waals surface area contributed by atoms with E-state index in [-0.39, 0.29) is 23.8 Å². The highest BCUT2D eigenvalue weighted by atomic mass is 32.2. The summed E-state index contributed by atoms with van der Waals surface area (Å²) in [7, 11) is -1.08. The summed E-state index contributed by atoms with van der Waals surface area (Å²) in [6.07, 6.45) is -1.43. The monoisotopic (exact) mass is 385 g/mol. The number of hydrogen-bond acceptors (Lipinski definition) is 6. The first-order valence-corrected chi connectivity index (χ1v) is 9.34. The van der Waals surface area contributed by atoms with Crippen LogP contribution in [0.15, 0.2) is 29.2 Å². The molecule has 1 saturated heterocycles. The zero-order valence-electron chi connectivity index (χ0n) is 15.1. The molecule has 1 heterocycles. The van der Waals surface area contributed by atoms with Gasteiger partial charge in [0.15, 0.2) is 0 Å². The van der Waals surface area contributed by atoms with Crippen LogP contribution < -0.4 is 10.2 Å². The van der Waals surface area contributed by atoms with Crippen molar-refractivity contribution in [2.24, 2.45) is 5.41 Å². The number of nitrogens with one attached hydrogen (secondary N) is 1. The predicted octanol–water partition coefficient (Wildman–Crippen LogP) is 0.406. The Hall–Kier alpha value is -2.17. The number of benzene rings is 1. The molecule has 144 valence electrons. The van der Waals surface area contributed by atoms with E-state index in [1.54, 1.807) is 13.8 Å². The van der Waals surface area contributed by atoms with Gasteiger partial charge >= 0.3 is 0 Å². The number of hydroxylamine groups is 1. The topological polar surface area (TPSA) is 116 Å². The fourth-order valence-electron chi connectivity index (χ4n) is 2.95. The third kappa shape index (κ3) is 3.67. The van der Waals surface area contributed by atoms with E-state index >= 15 is 0 Å². The number of amides is 2. The number of carbonyl (C=O) groups is 2. The number of nitrogens with zero attached hydrogens (tertiary/aromatic N) is 2. The molecular weight excluding hydrogens is 362 g/mol. The molecule has 1 unspecified atom stereocenters. The van der Waals surface area contributed by atoms with Crippen LogP contribution in [0.3, 0.4) is 0 Å². The van der Waals surface area contributed by atoms with Crippen LogP contribution in [0, 0.1) is 5.41 Å². The molecule has 0 spiro atoms. The van der Waals surface area contributed by atoms with Crippen molar-refractivity contribution in [1.29, 1.82) is 0 Å². The van der Waals surface area contributed by atoms with Crippen molar-refractivity contribution in [3.8, 4) is 5.75 Å². The average molecular weight is 385 g/mol. The molecule has 0 aromatic heterocycles. The number of hydrogen-bond donors (Lipinski definition) is 2. The molecule has 2 N–H and O–H groups in total. The summed E-state index contributed by atoms with van der Waals surface area (Å²) in [5.41, 5.74) is 0.522. The summed E-state index contributed by atoms with van der Waals surface area (Å²) in [5, 5.41) is 8.80. The van der Waals surface area contributed by atoms with Gasteiger partial charge in [-0.2, -0.15) is 4.31 Å². The Balaban J connectivity index is 2.48. The molecule has 2 rings (SSSR count). The van der Waals surface area contributed by atoms with E-state index in [0.717, 1.165) is 4.31 Å². The van der Waals surface area contributed by atoms with Crippen LogP contribution >= 0.6 is 0 Å². The van der Waals surface area contributed by atoms with Gasteiger partial charge < -0.3 is 9.64 Å². The van der Waals surface area contributed by atoms with Gasteiger partial charge in [0, 0.05) is 13.6 Å². The maximum atomic E-state index is 13.2. The Morgan fingerprint density at radius 1 is 1.35 bits per heavy atom. The summed E-state index contributed by atoms with van der Waals surface area (Å²) in [6, 6.07) is 5.85. The van der Waals surface area contributed by atoms with Crippen LogP contribution in [0.2, 0.25) is 0 Å². The molecule has 1 aromatic carbocycles. The lowest BCUT2D eigenvalue weighted by Gasteiger charge is -2.47. The summed E-state index contributed by atoms with van der Waals surface area (Å²) in [5.74, 6) is -0.565. The lowest BCUT2D eigenvalue weighted by molar-refractivity contribution is -0.153. The second kappa shape index (κ2) is 7.22. The van der Waals surface area contributed by atoms with Crippen LogP contribution in [-0.4, -0.2) is 61.5 Å². The van der Waals surface area contributed by atoms with Crippen molar-refractivity contribution < 1.29 is 28.0 Å². The lowest BCUT2D eigenvalue weighted by atomic mass is 9.89.